The third-order valence-corrected chi connectivity index (χ3v) is 3.18. The third kappa shape index (κ3) is 3.58. The van der Waals surface area contributed by atoms with Crippen molar-refractivity contribution in [2.75, 3.05) is 0 Å². The lowest BCUT2D eigenvalue weighted by Gasteiger charge is -2.19. The Morgan fingerprint density at radius 1 is 1.05 bits per heavy atom. The number of aromatic nitrogens is 1. The molecule has 1 N–H and O–H groups in total. The second-order valence-corrected chi connectivity index (χ2v) is 5.98. The Labute approximate surface area is 120 Å². The van der Waals surface area contributed by atoms with Gasteiger partial charge < -0.3 is 9.84 Å². The number of rotatable bonds is 3. The van der Waals surface area contributed by atoms with E-state index in [1.54, 1.807) is 19.2 Å². The second-order valence-electron chi connectivity index (χ2n) is 5.98. The van der Waals surface area contributed by atoms with E-state index in [1.807, 2.05) is 18.2 Å². The Balaban J connectivity index is 2.10. The lowest BCUT2D eigenvalue weighted by atomic mass is 9.87. The van der Waals surface area contributed by atoms with Gasteiger partial charge in [0.1, 0.15) is 5.75 Å². The van der Waals surface area contributed by atoms with Crippen LogP contribution in [0.4, 0.5) is 0 Å². The fourth-order valence-electron chi connectivity index (χ4n) is 1.84. The lowest BCUT2D eigenvalue weighted by Crippen LogP contribution is -2.10. The molecule has 0 radical (unpaired) electrons. The normalized spacial score (nSPS) is 13.1. The Bertz CT molecular complexity index is 551. The topological polar surface area (TPSA) is 42.4 Å². The molecule has 3 nitrogen and oxygen atoms in total. The number of aliphatic hydroxyl groups is 1. The van der Waals surface area contributed by atoms with Crippen LogP contribution < -0.4 is 4.74 Å². The summed E-state index contributed by atoms with van der Waals surface area (Å²) in [5.41, 5.74) is 2.18. The Morgan fingerprint density at radius 3 is 2.15 bits per heavy atom. The summed E-state index contributed by atoms with van der Waals surface area (Å²) in [5, 5.41) is 9.43. The molecule has 3 heteroatoms. The largest absolute Gasteiger partial charge is 0.439 e. The molecule has 106 valence electrons. The van der Waals surface area contributed by atoms with Crippen molar-refractivity contribution in [3.05, 3.63) is 53.7 Å². The van der Waals surface area contributed by atoms with Gasteiger partial charge in [-0.25, -0.2) is 4.98 Å². The highest BCUT2D eigenvalue weighted by atomic mass is 16.5. The van der Waals surface area contributed by atoms with Crippen LogP contribution in [0.2, 0.25) is 0 Å². The number of pyridine rings is 1. The maximum Gasteiger partial charge on any atom is 0.219 e. The molecule has 0 fully saturated rings. The van der Waals surface area contributed by atoms with E-state index in [-0.39, 0.29) is 5.41 Å². The van der Waals surface area contributed by atoms with E-state index in [1.165, 1.54) is 5.56 Å². The molecule has 1 unspecified atom stereocenters. The third-order valence-electron chi connectivity index (χ3n) is 3.18. The minimum Gasteiger partial charge on any atom is -0.439 e. The first-order valence-electron chi connectivity index (χ1n) is 6.79. The first kappa shape index (κ1) is 14.5. The van der Waals surface area contributed by atoms with E-state index >= 15 is 0 Å². The van der Waals surface area contributed by atoms with Crippen molar-refractivity contribution in [1.82, 2.24) is 4.98 Å². The van der Waals surface area contributed by atoms with Gasteiger partial charge in [0.25, 0.3) is 0 Å². The molecule has 0 aliphatic heterocycles. The first-order chi connectivity index (χ1) is 9.36. The number of ether oxygens (including phenoxy) is 1. The zero-order valence-corrected chi connectivity index (χ0v) is 12.4. The van der Waals surface area contributed by atoms with Gasteiger partial charge in [-0.15, -0.1) is 0 Å². The zero-order valence-electron chi connectivity index (χ0n) is 12.4. The molecule has 20 heavy (non-hydrogen) atoms. The average Bonchev–Trinajstić information content (AvgIpc) is 2.39. The van der Waals surface area contributed by atoms with Gasteiger partial charge in [-0.2, -0.15) is 0 Å². The predicted octanol–water partition coefficient (Wildman–Crippen LogP) is 4.22. The number of hydrogen-bond acceptors (Lipinski definition) is 3. The molecule has 0 saturated carbocycles. The molecule has 1 heterocycles. The number of nitrogens with zero attached hydrogens (tertiary/aromatic N) is 1. The molecule has 0 aliphatic carbocycles. The van der Waals surface area contributed by atoms with Crippen molar-refractivity contribution in [3.8, 4) is 11.6 Å². The summed E-state index contributed by atoms with van der Waals surface area (Å²) >= 11 is 0. The summed E-state index contributed by atoms with van der Waals surface area (Å²) in [5.74, 6) is 1.29. The van der Waals surface area contributed by atoms with Crippen molar-refractivity contribution < 1.29 is 9.84 Å². The van der Waals surface area contributed by atoms with E-state index in [0.717, 1.165) is 11.3 Å². The summed E-state index contributed by atoms with van der Waals surface area (Å²) in [6.45, 7) is 8.25. The lowest BCUT2D eigenvalue weighted by molar-refractivity contribution is 0.198. The van der Waals surface area contributed by atoms with Crippen LogP contribution in [-0.2, 0) is 5.41 Å². The average molecular weight is 271 g/mol. The zero-order chi connectivity index (χ0) is 14.8. The number of hydrogen-bond donors (Lipinski definition) is 1. The fraction of sp³-hybridized carbons (Fsp3) is 0.353. The van der Waals surface area contributed by atoms with Gasteiger partial charge in [0.2, 0.25) is 5.88 Å². The molecule has 0 spiro atoms. The maximum atomic E-state index is 9.43. The summed E-state index contributed by atoms with van der Waals surface area (Å²) in [4.78, 5) is 4.18. The highest BCUT2D eigenvalue weighted by molar-refractivity contribution is 5.33. The van der Waals surface area contributed by atoms with Crippen LogP contribution in [0.15, 0.2) is 42.6 Å². The predicted molar refractivity (Wildman–Crippen MR) is 80.1 cm³/mol. The van der Waals surface area contributed by atoms with E-state index in [2.05, 4.69) is 37.9 Å². The highest BCUT2D eigenvalue weighted by Gasteiger charge is 2.13. The van der Waals surface area contributed by atoms with Gasteiger partial charge >= 0.3 is 0 Å². The SMILES string of the molecule is CC(O)c1ccc(Oc2ccc(C(C)(C)C)cc2)nc1. The molecule has 1 aromatic heterocycles. The Morgan fingerprint density at radius 2 is 1.70 bits per heavy atom. The standard InChI is InChI=1S/C17H21NO2/c1-12(19)13-5-10-16(18-11-13)20-15-8-6-14(7-9-15)17(2,3)4/h5-12,19H,1-4H3. The molecule has 2 aromatic rings. The highest BCUT2D eigenvalue weighted by Crippen LogP contribution is 2.26. The summed E-state index contributed by atoms with van der Waals surface area (Å²) < 4.78 is 5.69. The van der Waals surface area contributed by atoms with Gasteiger partial charge in [0, 0.05) is 12.3 Å². The van der Waals surface area contributed by atoms with Crippen molar-refractivity contribution >= 4 is 0 Å². The Kier molecular flexibility index (Phi) is 4.09. The summed E-state index contributed by atoms with van der Waals surface area (Å²) in [7, 11) is 0. The van der Waals surface area contributed by atoms with Crippen molar-refractivity contribution in [1.29, 1.82) is 0 Å². The second kappa shape index (κ2) is 5.63. The van der Waals surface area contributed by atoms with Crippen molar-refractivity contribution in [2.45, 2.75) is 39.2 Å². The minimum absolute atomic E-state index is 0.135. The molecular weight excluding hydrogens is 250 g/mol. The molecule has 0 amide bonds. The van der Waals surface area contributed by atoms with Crippen molar-refractivity contribution in [3.63, 3.8) is 0 Å². The van der Waals surface area contributed by atoms with Gasteiger partial charge in [-0.05, 0) is 41.7 Å². The van der Waals surface area contributed by atoms with Crippen LogP contribution in [0.3, 0.4) is 0 Å². The summed E-state index contributed by atoms with van der Waals surface area (Å²) in [6, 6.07) is 11.6. The van der Waals surface area contributed by atoms with Crippen molar-refractivity contribution in [2.24, 2.45) is 0 Å². The first-order valence-corrected chi connectivity index (χ1v) is 6.79. The molecule has 2 rings (SSSR count). The van der Waals surface area contributed by atoms with Gasteiger partial charge in [-0.3, -0.25) is 0 Å². The minimum atomic E-state index is -0.511. The molecule has 1 atom stereocenters. The molecule has 0 saturated heterocycles. The monoisotopic (exact) mass is 271 g/mol. The molecule has 0 aliphatic rings. The quantitative estimate of drug-likeness (QED) is 0.908. The summed E-state index contributed by atoms with van der Waals surface area (Å²) in [6.07, 6.45) is 1.12. The molecule has 1 aromatic carbocycles. The van der Waals surface area contributed by atoms with E-state index < -0.39 is 6.10 Å². The van der Waals surface area contributed by atoms with E-state index in [9.17, 15) is 5.11 Å². The van der Waals surface area contributed by atoms with E-state index in [0.29, 0.717) is 5.88 Å². The number of aliphatic hydroxyl groups excluding tert-OH is 1. The number of benzene rings is 1. The van der Waals surface area contributed by atoms with Crippen LogP contribution in [0.5, 0.6) is 11.6 Å². The van der Waals surface area contributed by atoms with Gasteiger partial charge in [0.05, 0.1) is 6.10 Å². The van der Waals surface area contributed by atoms with Crippen LogP contribution in [0.25, 0.3) is 0 Å². The van der Waals surface area contributed by atoms with Gasteiger partial charge in [-0.1, -0.05) is 32.9 Å². The maximum absolute atomic E-state index is 9.43. The fourth-order valence-corrected chi connectivity index (χ4v) is 1.84. The van der Waals surface area contributed by atoms with Gasteiger partial charge in [0.15, 0.2) is 0 Å². The van der Waals surface area contributed by atoms with E-state index in [4.69, 9.17) is 4.74 Å². The smallest absolute Gasteiger partial charge is 0.219 e. The molecular formula is C17H21NO2. The van der Waals surface area contributed by atoms with Crippen LogP contribution >= 0.6 is 0 Å². The molecule has 0 bridgehead atoms. The van der Waals surface area contributed by atoms with Crippen LogP contribution in [0.1, 0.15) is 44.9 Å². The van der Waals surface area contributed by atoms with Crippen LogP contribution in [0, 0.1) is 0 Å². The van der Waals surface area contributed by atoms with Crippen LogP contribution in [-0.4, -0.2) is 10.1 Å². The Hall–Kier alpha value is -1.87.